The van der Waals surface area contributed by atoms with E-state index in [-0.39, 0.29) is 0 Å². The SMILES string of the molecule is C=C/C(=C\C=C/C)c1cc(-c2ccccc2)nc(Br)n1. The first-order chi connectivity index (χ1) is 9.74. The summed E-state index contributed by atoms with van der Waals surface area (Å²) in [6, 6.07) is 12.0. The number of nitrogens with zero attached hydrogens (tertiary/aromatic N) is 2. The van der Waals surface area contributed by atoms with Gasteiger partial charge in [0.15, 0.2) is 4.73 Å². The van der Waals surface area contributed by atoms with E-state index in [2.05, 4.69) is 32.5 Å². The van der Waals surface area contributed by atoms with E-state index in [0.717, 1.165) is 22.5 Å². The van der Waals surface area contributed by atoms with Crippen LogP contribution in [0.25, 0.3) is 16.8 Å². The van der Waals surface area contributed by atoms with Crippen molar-refractivity contribution in [1.82, 2.24) is 9.97 Å². The number of rotatable bonds is 4. The lowest BCUT2D eigenvalue weighted by atomic mass is 10.1. The molecule has 0 amide bonds. The number of hydrogen-bond acceptors (Lipinski definition) is 2. The summed E-state index contributed by atoms with van der Waals surface area (Å²) in [5.74, 6) is 0. The molecular formula is C17H15BrN2. The maximum absolute atomic E-state index is 4.43. The zero-order chi connectivity index (χ0) is 14.4. The van der Waals surface area contributed by atoms with E-state index in [0.29, 0.717) is 4.73 Å². The maximum Gasteiger partial charge on any atom is 0.197 e. The fourth-order valence-electron chi connectivity index (χ4n) is 1.78. The minimum atomic E-state index is 0.571. The normalized spacial score (nSPS) is 11.8. The van der Waals surface area contributed by atoms with Crippen LogP contribution in [-0.4, -0.2) is 9.97 Å². The van der Waals surface area contributed by atoms with E-state index in [1.165, 1.54) is 0 Å². The van der Waals surface area contributed by atoms with Gasteiger partial charge in [0.05, 0.1) is 11.4 Å². The number of aromatic nitrogens is 2. The number of halogens is 1. The predicted molar refractivity (Wildman–Crippen MR) is 88.2 cm³/mol. The standard InChI is InChI=1S/C17H15BrN2/c1-3-5-9-13(4-2)15-12-16(20-17(18)19-15)14-10-7-6-8-11-14/h3-12H,2H2,1H3/b5-3-,13-9+. The lowest BCUT2D eigenvalue weighted by molar-refractivity contribution is 1.10. The number of hydrogen-bond donors (Lipinski definition) is 0. The lowest BCUT2D eigenvalue weighted by Gasteiger charge is -2.06. The molecule has 0 aliphatic heterocycles. The van der Waals surface area contributed by atoms with Crippen LogP contribution in [0.4, 0.5) is 0 Å². The topological polar surface area (TPSA) is 25.8 Å². The molecule has 1 heterocycles. The van der Waals surface area contributed by atoms with Gasteiger partial charge in [-0.3, -0.25) is 0 Å². The van der Waals surface area contributed by atoms with Gasteiger partial charge in [0.1, 0.15) is 0 Å². The molecule has 3 heteroatoms. The van der Waals surface area contributed by atoms with Crippen molar-refractivity contribution >= 4 is 21.5 Å². The van der Waals surface area contributed by atoms with Crippen LogP contribution in [0, 0.1) is 0 Å². The van der Waals surface area contributed by atoms with E-state index in [1.807, 2.05) is 61.5 Å². The fourth-order valence-corrected chi connectivity index (χ4v) is 2.16. The average Bonchev–Trinajstić information content (AvgIpc) is 2.48. The van der Waals surface area contributed by atoms with Crippen molar-refractivity contribution in [2.24, 2.45) is 0 Å². The Balaban J connectivity index is 2.51. The summed E-state index contributed by atoms with van der Waals surface area (Å²) in [4.78, 5) is 8.84. The van der Waals surface area contributed by atoms with E-state index in [9.17, 15) is 0 Å². The Morgan fingerprint density at radius 1 is 1.20 bits per heavy atom. The zero-order valence-corrected chi connectivity index (χ0v) is 12.8. The Labute approximate surface area is 127 Å². The Morgan fingerprint density at radius 2 is 1.95 bits per heavy atom. The molecule has 1 aromatic carbocycles. The molecule has 0 saturated heterocycles. The van der Waals surface area contributed by atoms with Gasteiger partial charge in [0.2, 0.25) is 0 Å². The molecule has 0 saturated carbocycles. The molecule has 1 aromatic heterocycles. The van der Waals surface area contributed by atoms with Gasteiger partial charge in [-0.1, -0.05) is 61.2 Å². The average molecular weight is 327 g/mol. The molecule has 0 aliphatic carbocycles. The Hall–Kier alpha value is -2.00. The molecule has 0 radical (unpaired) electrons. The van der Waals surface area contributed by atoms with Crippen LogP contribution in [0.5, 0.6) is 0 Å². The lowest BCUT2D eigenvalue weighted by Crippen LogP contribution is -1.94. The van der Waals surface area contributed by atoms with Crippen LogP contribution in [-0.2, 0) is 0 Å². The third kappa shape index (κ3) is 3.52. The minimum Gasteiger partial charge on any atom is -0.222 e. The molecule has 0 spiro atoms. The zero-order valence-electron chi connectivity index (χ0n) is 11.3. The van der Waals surface area contributed by atoms with E-state index in [4.69, 9.17) is 0 Å². The largest absolute Gasteiger partial charge is 0.222 e. The van der Waals surface area contributed by atoms with Gasteiger partial charge >= 0.3 is 0 Å². The molecule has 0 unspecified atom stereocenters. The van der Waals surface area contributed by atoms with Gasteiger partial charge in [0.25, 0.3) is 0 Å². The number of allylic oxidation sites excluding steroid dienone is 5. The highest BCUT2D eigenvalue weighted by atomic mass is 79.9. The van der Waals surface area contributed by atoms with Crippen LogP contribution in [0.2, 0.25) is 0 Å². The van der Waals surface area contributed by atoms with Crippen molar-refractivity contribution in [3.63, 3.8) is 0 Å². The van der Waals surface area contributed by atoms with Crippen LogP contribution in [0.3, 0.4) is 0 Å². The molecule has 2 nitrogen and oxygen atoms in total. The monoisotopic (exact) mass is 326 g/mol. The first kappa shape index (κ1) is 14.4. The molecular weight excluding hydrogens is 312 g/mol. The third-order valence-electron chi connectivity index (χ3n) is 2.75. The van der Waals surface area contributed by atoms with Crippen molar-refractivity contribution in [2.45, 2.75) is 6.92 Å². The maximum atomic E-state index is 4.43. The van der Waals surface area contributed by atoms with E-state index >= 15 is 0 Å². The first-order valence-electron chi connectivity index (χ1n) is 6.30. The molecule has 0 N–H and O–H groups in total. The highest BCUT2D eigenvalue weighted by Gasteiger charge is 2.06. The summed E-state index contributed by atoms with van der Waals surface area (Å²) in [7, 11) is 0. The summed E-state index contributed by atoms with van der Waals surface area (Å²) >= 11 is 3.37. The summed E-state index contributed by atoms with van der Waals surface area (Å²) < 4.78 is 0.571. The molecule has 0 fully saturated rings. The number of benzene rings is 1. The van der Waals surface area contributed by atoms with Crippen LogP contribution < -0.4 is 0 Å². The van der Waals surface area contributed by atoms with Crippen LogP contribution in [0.1, 0.15) is 12.6 Å². The van der Waals surface area contributed by atoms with E-state index in [1.54, 1.807) is 6.08 Å². The predicted octanol–water partition coefficient (Wildman–Crippen LogP) is 5.05. The van der Waals surface area contributed by atoms with Gasteiger partial charge in [-0.2, -0.15) is 0 Å². The summed E-state index contributed by atoms with van der Waals surface area (Å²) in [5.41, 5.74) is 3.75. The third-order valence-corrected chi connectivity index (χ3v) is 3.11. The smallest absolute Gasteiger partial charge is 0.197 e. The molecule has 0 bridgehead atoms. The van der Waals surface area contributed by atoms with Crippen molar-refractivity contribution in [3.8, 4) is 11.3 Å². The molecule has 100 valence electrons. The van der Waals surface area contributed by atoms with Gasteiger partial charge in [-0.25, -0.2) is 9.97 Å². The van der Waals surface area contributed by atoms with Crippen molar-refractivity contribution in [1.29, 1.82) is 0 Å². The summed E-state index contributed by atoms with van der Waals surface area (Å²) in [6.45, 7) is 5.82. The Bertz CT molecular complexity index is 658. The Kier molecular flexibility index (Phi) is 5.02. The second-order valence-corrected chi connectivity index (χ2v) is 4.83. The summed E-state index contributed by atoms with van der Waals surface area (Å²) in [6.07, 6.45) is 7.72. The molecule has 0 atom stereocenters. The second kappa shape index (κ2) is 6.96. The highest BCUT2D eigenvalue weighted by molar-refractivity contribution is 9.10. The quantitative estimate of drug-likeness (QED) is 0.580. The van der Waals surface area contributed by atoms with Crippen LogP contribution in [0.15, 0.2) is 72.0 Å². The van der Waals surface area contributed by atoms with Crippen molar-refractivity contribution in [3.05, 3.63) is 77.7 Å². The highest BCUT2D eigenvalue weighted by Crippen LogP contribution is 2.23. The second-order valence-electron chi connectivity index (χ2n) is 4.13. The molecule has 2 aromatic rings. The van der Waals surface area contributed by atoms with E-state index < -0.39 is 0 Å². The molecule has 2 rings (SSSR count). The van der Waals surface area contributed by atoms with Gasteiger partial charge < -0.3 is 0 Å². The van der Waals surface area contributed by atoms with Gasteiger partial charge in [0, 0.05) is 5.56 Å². The fraction of sp³-hybridized carbons (Fsp3) is 0.0588. The van der Waals surface area contributed by atoms with Gasteiger partial charge in [-0.15, -0.1) is 0 Å². The Morgan fingerprint density at radius 3 is 2.60 bits per heavy atom. The van der Waals surface area contributed by atoms with Crippen molar-refractivity contribution < 1.29 is 0 Å². The molecule has 0 aliphatic rings. The minimum absolute atomic E-state index is 0.571. The molecule has 20 heavy (non-hydrogen) atoms. The van der Waals surface area contributed by atoms with Crippen molar-refractivity contribution in [2.75, 3.05) is 0 Å². The van der Waals surface area contributed by atoms with Gasteiger partial charge in [-0.05, 0) is 34.5 Å². The summed E-state index contributed by atoms with van der Waals surface area (Å²) in [5, 5.41) is 0. The first-order valence-corrected chi connectivity index (χ1v) is 7.09. The van der Waals surface area contributed by atoms with Crippen LogP contribution >= 0.6 is 15.9 Å².